The molecule has 1 aromatic carbocycles. The third-order valence-corrected chi connectivity index (χ3v) is 4.16. The minimum atomic E-state index is 0.742. The van der Waals surface area contributed by atoms with Crippen LogP contribution in [0.2, 0.25) is 0 Å². The molecular formula is C16H26N2. The average Bonchev–Trinajstić information content (AvgIpc) is 2.38. The molecule has 1 aliphatic heterocycles. The van der Waals surface area contributed by atoms with Crippen LogP contribution in [0.1, 0.15) is 37.5 Å². The summed E-state index contributed by atoms with van der Waals surface area (Å²) in [5.74, 6) is 1.50. The zero-order valence-corrected chi connectivity index (χ0v) is 11.9. The van der Waals surface area contributed by atoms with E-state index in [1.54, 1.807) is 5.56 Å². The second-order valence-electron chi connectivity index (χ2n) is 5.83. The molecule has 0 aromatic heterocycles. The Kier molecular flexibility index (Phi) is 4.79. The average molecular weight is 246 g/mol. The Labute approximate surface area is 111 Å². The van der Waals surface area contributed by atoms with Gasteiger partial charge in [-0.1, -0.05) is 39.0 Å². The molecule has 18 heavy (non-hydrogen) atoms. The maximum atomic E-state index is 3.61. The third kappa shape index (κ3) is 3.33. The Balaban J connectivity index is 1.93. The van der Waals surface area contributed by atoms with E-state index in [9.17, 15) is 0 Å². The number of benzene rings is 1. The van der Waals surface area contributed by atoms with Gasteiger partial charge in [0.15, 0.2) is 0 Å². The third-order valence-electron chi connectivity index (χ3n) is 4.16. The monoisotopic (exact) mass is 246 g/mol. The van der Waals surface area contributed by atoms with Crippen molar-refractivity contribution in [2.45, 2.75) is 40.3 Å². The van der Waals surface area contributed by atoms with Crippen molar-refractivity contribution in [3.63, 3.8) is 0 Å². The van der Waals surface area contributed by atoms with Gasteiger partial charge in [0.2, 0.25) is 0 Å². The van der Waals surface area contributed by atoms with Gasteiger partial charge in [0.05, 0.1) is 0 Å². The van der Waals surface area contributed by atoms with Gasteiger partial charge >= 0.3 is 0 Å². The summed E-state index contributed by atoms with van der Waals surface area (Å²) in [4.78, 5) is 0. The summed E-state index contributed by atoms with van der Waals surface area (Å²) in [7, 11) is 0. The molecule has 2 N–H and O–H groups in total. The van der Waals surface area contributed by atoms with Gasteiger partial charge in [0.1, 0.15) is 0 Å². The van der Waals surface area contributed by atoms with E-state index in [0.29, 0.717) is 0 Å². The van der Waals surface area contributed by atoms with Gasteiger partial charge in [-0.15, -0.1) is 0 Å². The van der Waals surface area contributed by atoms with Gasteiger partial charge in [0.25, 0.3) is 0 Å². The molecule has 100 valence electrons. The first-order valence-electron chi connectivity index (χ1n) is 7.19. The zero-order chi connectivity index (χ0) is 13.0. The van der Waals surface area contributed by atoms with Crippen LogP contribution in [-0.2, 0) is 19.5 Å². The fourth-order valence-corrected chi connectivity index (χ4v) is 2.45. The molecule has 1 atom stereocenters. The maximum Gasteiger partial charge on any atom is 0.0208 e. The van der Waals surface area contributed by atoms with E-state index in [4.69, 9.17) is 0 Å². The van der Waals surface area contributed by atoms with Gasteiger partial charge < -0.3 is 10.6 Å². The molecule has 0 fully saturated rings. The molecule has 1 aliphatic rings. The molecule has 2 nitrogen and oxygen atoms in total. The minimum absolute atomic E-state index is 0.742. The molecule has 0 saturated heterocycles. The second kappa shape index (κ2) is 6.35. The quantitative estimate of drug-likeness (QED) is 0.835. The maximum absolute atomic E-state index is 3.61. The summed E-state index contributed by atoms with van der Waals surface area (Å²) in [6.07, 6.45) is 1.17. The lowest BCUT2D eigenvalue weighted by atomic mass is 9.95. The fourth-order valence-electron chi connectivity index (χ4n) is 2.45. The van der Waals surface area contributed by atoms with E-state index in [1.165, 1.54) is 17.5 Å². The summed E-state index contributed by atoms with van der Waals surface area (Å²) >= 11 is 0. The van der Waals surface area contributed by atoms with E-state index in [2.05, 4.69) is 49.6 Å². The van der Waals surface area contributed by atoms with Crippen LogP contribution in [-0.4, -0.2) is 13.1 Å². The smallest absolute Gasteiger partial charge is 0.0208 e. The predicted octanol–water partition coefficient (Wildman–Crippen LogP) is 2.71. The van der Waals surface area contributed by atoms with Crippen molar-refractivity contribution in [2.24, 2.45) is 11.8 Å². The fraction of sp³-hybridized carbons (Fsp3) is 0.625. The number of rotatable bonds is 5. The molecule has 1 aromatic rings. The normalized spacial score (nSPS) is 16.7. The molecule has 0 bridgehead atoms. The van der Waals surface area contributed by atoms with Crippen molar-refractivity contribution in [1.82, 2.24) is 10.6 Å². The Hall–Kier alpha value is -0.860. The van der Waals surface area contributed by atoms with Crippen LogP contribution in [0, 0.1) is 11.8 Å². The van der Waals surface area contributed by atoms with Crippen LogP contribution in [0.5, 0.6) is 0 Å². The van der Waals surface area contributed by atoms with E-state index in [0.717, 1.165) is 38.0 Å². The summed E-state index contributed by atoms with van der Waals surface area (Å²) < 4.78 is 0. The standard InChI is InChI=1S/C16H26N2/c1-12(2)13(3)9-18-11-15-6-4-5-14-10-17-8-7-16(14)15/h4-6,12-13,17-18H,7-11H2,1-3H3. The van der Waals surface area contributed by atoms with Crippen LogP contribution in [0.15, 0.2) is 18.2 Å². The molecule has 0 radical (unpaired) electrons. The predicted molar refractivity (Wildman–Crippen MR) is 77.6 cm³/mol. The Morgan fingerprint density at radius 2 is 2.11 bits per heavy atom. The van der Waals surface area contributed by atoms with E-state index < -0.39 is 0 Å². The molecule has 0 spiro atoms. The summed E-state index contributed by atoms with van der Waals surface area (Å²) in [5.41, 5.74) is 4.54. The number of fused-ring (bicyclic) bond motifs is 1. The molecule has 0 aliphatic carbocycles. The van der Waals surface area contributed by atoms with Crippen LogP contribution in [0.3, 0.4) is 0 Å². The number of hydrogen-bond donors (Lipinski definition) is 2. The highest BCUT2D eigenvalue weighted by Gasteiger charge is 2.12. The van der Waals surface area contributed by atoms with Crippen LogP contribution in [0.25, 0.3) is 0 Å². The van der Waals surface area contributed by atoms with Gasteiger partial charge in [-0.05, 0) is 48.0 Å². The lowest BCUT2D eigenvalue weighted by Crippen LogP contribution is -2.27. The lowest BCUT2D eigenvalue weighted by Gasteiger charge is -2.21. The van der Waals surface area contributed by atoms with Crippen LogP contribution >= 0.6 is 0 Å². The summed E-state index contributed by atoms with van der Waals surface area (Å²) in [6, 6.07) is 6.72. The first kappa shape index (κ1) is 13.6. The van der Waals surface area contributed by atoms with E-state index in [-0.39, 0.29) is 0 Å². The number of hydrogen-bond acceptors (Lipinski definition) is 2. The molecule has 0 amide bonds. The summed E-state index contributed by atoms with van der Waals surface area (Å²) in [5, 5.41) is 7.05. The van der Waals surface area contributed by atoms with Crippen molar-refractivity contribution in [3.8, 4) is 0 Å². The zero-order valence-electron chi connectivity index (χ0n) is 11.9. The summed E-state index contributed by atoms with van der Waals surface area (Å²) in [6.45, 7) is 11.2. The van der Waals surface area contributed by atoms with Crippen molar-refractivity contribution >= 4 is 0 Å². The highest BCUT2D eigenvalue weighted by Crippen LogP contribution is 2.18. The van der Waals surface area contributed by atoms with Crippen molar-refractivity contribution < 1.29 is 0 Å². The Morgan fingerprint density at radius 3 is 2.89 bits per heavy atom. The van der Waals surface area contributed by atoms with E-state index >= 15 is 0 Å². The largest absolute Gasteiger partial charge is 0.312 e. The lowest BCUT2D eigenvalue weighted by molar-refractivity contribution is 0.392. The van der Waals surface area contributed by atoms with Crippen LogP contribution in [0.4, 0.5) is 0 Å². The van der Waals surface area contributed by atoms with Gasteiger partial charge in [-0.3, -0.25) is 0 Å². The molecule has 1 unspecified atom stereocenters. The first-order chi connectivity index (χ1) is 8.68. The highest BCUT2D eigenvalue weighted by atomic mass is 14.9. The van der Waals surface area contributed by atoms with Crippen molar-refractivity contribution in [2.75, 3.05) is 13.1 Å². The van der Waals surface area contributed by atoms with Crippen LogP contribution < -0.4 is 10.6 Å². The van der Waals surface area contributed by atoms with Gasteiger partial charge in [-0.25, -0.2) is 0 Å². The van der Waals surface area contributed by atoms with E-state index in [1.807, 2.05) is 0 Å². The minimum Gasteiger partial charge on any atom is -0.312 e. The topological polar surface area (TPSA) is 24.1 Å². The van der Waals surface area contributed by atoms with Crippen molar-refractivity contribution in [1.29, 1.82) is 0 Å². The molecule has 0 saturated carbocycles. The Bertz CT molecular complexity index is 385. The van der Waals surface area contributed by atoms with Crippen molar-refractivity contribution in [3.05, 3.63) is 34.9 Å². The van der Waals surface area contributed by atoms with Gasteiger partial charge in [0, 0.05) is 13.1 Å². The molecule has 1 heterocycles. The number of nitrogens with one attached hydrogen (secondary N) is 2. The highest BCUT2D eigenvalue weighted by molar-refractivity contribution is 5.36. The molecule has 2 heteroatoms. The first-order valence-corrected chi connectivity index (χ1v) is 7.19. The van der Waals surface area contributed by atoms with Gasteiger partial charge in [-0.2, -0.15) is 0 Å². The Morgan fingerprint density at radius 1 is 1.28 bits per heavy atom. The molecular weight excluding hydrogens is 220 g/mol. The molecule has 2 rings (SSSR count). The SMILES string of the molecule is CC(C)C(C)CNCc1cccc2c1CCNC2. The second-order valence-corrected chi connectivity index (χ2v) is 5.83.